The number of halogens is 3. The van der Waals surface area contributed by atoms with Crippen molar-refractivity contribution in [3.05, 3.63) is 75.7 Å². The fourth-order valence-electron chi connectivity index (χ4n) is 4.81. The number of benzene rings is 2. The van der Waals surface area contributed by atoms with Crippen LogP contribution in [0, 0.1) is 6.92 Å². The summed E-state index contributed by atoms with van der Waals surface area (Å²) in [6.45, 7) is 6.35. The Morgan fingerprint density at radius 2 is 1.85 bits per heavy atom. The summed E-state index contributed by atoms with van der Waals surface area (Å²) < 4.78 is 40.7. The summed E-state index contributed by atoms with van der Waals surface area (Å²) in [4.78, 5) is 40.0. The van der Waals surface area contributed by atoms with Crippen LogP contribution >= 0.6 is 0 Å². The first-order valence-electron chi connectivity index (χ1n) is 12.9. The smallest absolute Gasteiger partial charge is 0.322 e. The topological polar surface area (TPSA) is 96.2 Å². The maximum Gasteiger partial charge on any atom is 0.416 e. The van der Waals surface area contributed by atoms with E-state index in [1.165, 1.54) is 16.7 Å². The van der Waals surface area contributed by atoms with E-state index >= 15 is 0 Å². The normalized spacial score (nSPS) is 14.1. The van der Waals surface area contributed by atoms with Crippen molar-refractivity contribution in [2.24, 2.45) is 7.05 Å². The Hall–Kier alpha value is -4.32. The average molecular weight is 552 g/mol. The second-order valence-corrected chi connectivity index (χ2v) is 9.64. The first kappa shape index (κ1) is 27.3. The minimum atomic E-state index is -4.57. The molecule has 208 valence electrons. The van der Waals surface area contributed by atoms with E-state index in [0.29, 0.717) is 34.9 Å². The van der Waals surface area contributed by atoms with Gasteiger partial charge < -0.3 is 5.32 Å². The van der Waals surface area contributed by atoms with Gasteiger partial charge >= 0.3 is 6.18 Å². The van der Waals surface area contributed by atoms with Crippen LogP contribution in [0.3, 0.4) is 0 Å². The van der Waals surface area contributed by atoms with Gasteiger partial charge in [0.1, 0.15) is 11.2 Å². The van der Waals surface area contributed by atoms with Gasteiger partial charge in [-0.2, -0.15) is 18.2 Å². The van der Waals surface area contributed by atoms with Crippen LogP contribution in [0.1, 0.15) is 41.3 Å². The Morgan fingerprint density at radius 3 is 2.55 bits per heavy atom. The van der Waals surface area contributed by atoms with E-state index in [0.717, 1.165) is 43.6 Å². The van der Waals surface area contributed by atoms with Crippen molar-refractivity contribution in [2.45, 2.75) is 32.9 Å². The number of hydrogen-bond donors (Lipinski definition) is 1. The molecule has 1 fully saturated rings. The molecule has 1 aliphatic rings. The molecule has 0 unspecified atom stereocenters. The van der Waals surface area contributed by atoms with Gasteiger partial charge in [-0.25, -0.2) is 15.0 Å². The van der Waals surface area contributed by atoms with Crippen LogP contribution in [0.15, 0.2) is 53.5 Å². The number of rotatable bonds is 6. The van der Waals surface area contributed by atoms with Gasteiger partial charge in [-0.15, -0.1) is 0 Å². The molecule has 1 amide bonds. The number of aryl methyl sites for hydroxylation is 2. The zero-order valence-electron chi connectivity index (χ0n) is 22.3. The van der Waals surface area contributed by atoms with Gasteiger partial charge in [0, 0.05) is 43.5 Å². The minimum Gasteiger partial charge on any atom is -0.322 e. The average Bonchev–Trinajstić information content (AvgIpc) is 3.47. The lowest BCUT2D eigenvalue weighted by molar-refractivity contribution is -0.137. The van der Waals surface area contributed by atoms with Gasteiger partial charge in [0.15, 0.2) is 5.65 Å². The van der Waals surface area contributed by atoms with E-state index in [1.54, 1.807) is 38.4 Å². The molecule has 1 aliphatic heterocycles. The molecule has 5 rings (SSSR count). The lowest BCUT2D eigenvalue weighted by Gasteiger charge is -2.30. The zero-order valence-corrected chi connectivity index (χ0v) is 22.3. The predicted molar refractivity (Wildman–Crippen MR) is 146 cm³/mol. The van der Waals surface area contributed by atoms with Gasteiger partial charge in [-0.1, -0.05) is 12.1 Å². The van der Waals surface area contributed by atoms with Crippen molar-refractivity contribution >= 4 is 28.7 Å². The molecule has 2 aromatic carbocycles. The monoisotopic (exact) mass is 551 g/mol. The van der Waals surface area contributed by atoms with E-state index in [1.807, 2.05) is 11.9 Å². The number of hydrogen-bond acceptors (Lipinski definition) is 7. The number of fused-ring (bicyclic) bond motifs is 1. The van der Waals surface area contributed by atoms with E-state index in [-0.39, 0.29) is 16.8 Å². The maximum atomic E-state index is 13.5. The van der Waals surface area contributed by atoms with Crippen LogP contribution < -0.4 is 15.9 Å². The van der Waals surface area contributed by atoms with Crippen LogP contribution in [-0.4, -0.2) is 50.1 Å². The molecule has 1 saturated heterocycles. The minimum absolute atomic E-state index is 0.139. The lowest BCUT2D eigenvalue weighted by atomic mass is 10.0. The van der Waals surface area contributed by atoms with Crippen molar-refractivity contribution in [1.82, 2.24) is 24.5 Å². The molecule has 40 heavy (non-hydrogen) atoms. The molecule has 3 heterocycles. The van der Waals surface area contributed by atoms with Crippen LogP contribution in [0.2, 0.25) is 0 Å². The molecule has 12 heteroatoms. The third kappa shape index (κ3) is 5.26. The number of aromatic nitrogens is 4. The van der Waals surface area contributed by atoms with Gasteiger partial charge in [0.05, 0.1) is 11.8 Å². The Labute approximate surface area is 228 Å². The van der Waals surface area contributed by atoms with Gasteiger partial charge in [0.2, 0.25) is 5.95 Å². The number of nitrogens with zero attached hydrogens (tertiary/aromatic N) is 6. The van der Waals surface area contributed by atoms with Crippen molar-refractivity contribution in [1.29, 1.82) is 0 Å². The number of hydrazine groups is 1. The third-order valence-electron chi connectivity index (χ3n) is 6.95. The van der Waals surface area contributed by atoms with E-state index in [2.05, 4.69) is 25.3 Å². The molecular weight excluding hydrogens is 523 g/mol. The SMILES string of the molecule is CCN(c1ncc2nc(-c3cc(NC(=O)c4cccc(C(F)(F)F)c4)ccc3C)c(=O)n(C)c2n1)N1CCCC1. The number of alkyl halides is 3. The lowest BCUT2D eigenvalue weighted by Crippen LogP contribution is -2.41. The maximum absolute atomic E-state index is 13.5. The second-order valence-electron chi connectivity index (χ2n) is 9.64. The van der Waals surface area contributed by atoms with Crippen molar-refractivity contribution in [2.75, 3.05) is 30.0 Å². The molecule has 9 nitrogen and oxygen atoms in total. The molecule has 0 spiro atoms. The second kappa shape index (κ2) is 10.7. The van der Waals surface area contributed by atoms with Gasteiger partial charge in [-0.3, -0.25) is 19.2 Å². The highest BCUT2D eigenvalue weighted by Crippen LogP contribution is 2.30. The Kier molecular flexibility index (Phi) is 7.28. The van der Waals surface area contributed by atoms with Gasteiger partial charge in [0.25, 0.3) is 11.5 Å². The number of anilines is 2. The molecule has 0 aliphatic carbocycles. The van der Waals surface area contributed by atoms with E-state index < -0.39 is 17.6 Å². The predicted octanol–water partition coefficient (Wildman–Crippen LogP) is 4.81. The molecule has 4 aromatic rings. The molecule has 2 aromatic heterocycles. The summed E-state index contributed by atoms with van der Waals surface area (Å²) in [7, 11) is 1.62. The van der Waals surface area contributed by atoms with Gasteiger partial charge in [-0.05, 0) is 62.6 Å². The van der Waals surface area contributed by atoms with Crippen LogP contribution in [0.5, 0.6) is 0 Å². The first-order valence-corrected chi connectivity index (χ1v) is 12.9. The van der Waals surface area contributed by atoms with Crippen molar-refractivity contribution in [3.8, 4) is 11.3 Å². The van der Waals surface area contributed by atoms with Crippen LogP contribution in [0.4, 0.5) is 24.8 Å². The summed E-state index contributed by atoms with van der Waals surface area (Å²) in [6, 6.07) is 9.08. The number of carbonyl (C=O) groups is 1. The summed E-state index contributed by atoms with van der Waals surface area (Å²) in [5, 5.41) is 6.82. The largest absolute Gasteiger partial charge is 0.416 e. The molecule has 0 saturated carbocycles. The molecule has 0 bridgehead atoms. The Bertz CT molecular complexity index is 1650. The van der Waals surface area contributed by atoms with E-state index in [9.17, 15) is 22.8 Å². The molecule has 0 atom stereocenters. The number of amides is 1. The quantitative estimate of drug-likeness (QED) is 0.368. The Morgan fingerprint density at radius 1 is 1.10 bits per heavy atom. The first-order chi connectivity index (χ1) is 19.1. The highest BCUT2D eigenvalue weighted by molar-refractivity contribution is 6.04. The standard InChI is InChI=1S/C28H28F3N7O2/c1-4-38(37-12-5-6-13-37)27-32-16-22-24(35-27)36(3)26(40)23(34-22)21-15-20(11-10-17(21)2)33-25(39)18-8-7-9-19(14-18)28(29,30)31/h7-11,14-16H,4-6,12-13H2,1-3H3,(H,33,39). The molecular formula is C28H28F3N7O2. The highest BCUT2D eigenvalue weighted by atomic mass is 19.4. The Balaban J connectivity index is 1.48. The third-order valence-corrected chi connectivity index (χ3v) is 6.95. The van der Waals surface area contributed by atoms with Crippen molar-refractivity contribution < 1.29 is 18.0 Å². The van der Waals surface area contributed by atoms with Crippen LogP contribution in [0.25, 0.3) is 22.4 Å². The summed E-state index contributed by atoms with van der Waals surface area (Å²) in [5.41, 5.74) is 1.03. The zero-order chi connectivity index (χ0) is 28.6. The summed E-state index contributed by atoms with van der Waals surface area (Å²) >= 11 is 0. The molecule has 1 N–H and O–H groups in total. The molecule has 0 radical (unpaired) electrons. The fourth-order valence-corrected chi connectivity index (χ4v) is 4.81. The number of carbonyl (C=O) groups excluding carboxylic acids is 1. The highest BCUT2D eigenvalue weighted by Gasteiger charge is 2.31. The van der Waals surface area contributed by atoms with Crippen LogP contribution in [-0.2, 0) is 13.2 Å². The van der Waals surface area contributed by atoms with E-state index in [4.69, 9.17) is 0 Å². The van der Waals surface area contributed by atoms with Crippen molar-refractivity contribution in [3.63, 3.8) is 0 Å². The fraction of sp³-hybridized carbons (Fsp3) is 0.321. The summed E-state index contributed by atoms with van der Waals surface area (Å²) in [5.74, 6) is -0.211. The summed E-state index contributed by atoms with van der Waals surface area (Å²) in [6.07, 6.45) is -0.769. The number of nitrogens with one attached hydrogen (secondary N) is 1.